The predicted octanol–water partition coefficient (Wildman–Crippen LogP) is 0.794. The fourth-order valence-corrected chi connectivity index (χ4v) is 3.77. The fraction of sp³-hybridized carbons (Fsp3) is 0.556. The molecule has 6 nitrogen and oxygen atoms in total. The molecule has 0 aromatic heterocycles. The SMILES string of the molecule is O=C1C(=O)N(C[NH+]2CCCCCCC2)c2cc3c(cc21)OCCO3. The lowest BCUT2D eigenvalue weighted by molar-refractivity contribution is -0.899. The van der Waals surface area contributed by atoms with Crippen molar-refractivity contribution in [1.82, 2.24) is 0 Å². The van der Waals surface area contributed by atoms with E-state index in [-0.39, 0.29) is 0 Å². The number of anilines is 1. The van der Waals surface area contributed by atoms with Crippen molar-refractivity contribution in [2.45, 2.75) is 32.1 Å². The number of hydrogen-bond acceptors (Lipinski definition) is 4. The zero-order chi connectivity index (χ0) is 16.5. The van der Waals surface area contributed by atoms with Gasteiger partial charge >= 0.3 is 5.91 Å². The minimum atomic E-state index is -0.437. The quantitative estimate of drug-likeness (QED) is 0.814. The number of rotatable bonds is 2. The second-order valence-electron chi connectivity index (χ2n) is 6.75. The molecule has 1 N–H and O–H groups in total. The van der Waals surface area contributed by atoms with Crippen molar-refractivity contribution in [3.63, 3.8) is 0 Å². The van der Waals surface area contributed by atoms with Gasteiger partial charge in [-0.2, -0.15) is 0 Å². The molecule has 3 aliphatic rings. The first-order chi connectivity index (χ1) is 11.7. The van der Waals surface area contributed by atoms with E-state index in [2.05, 4.69) is 0 Å². The molecule has 1 aromatic carbocycles. The van der Waals surface area contributed by atoms with E-state index in [1.54, 1.807) is 17.0 Å². The Hall–Kier alpha value is -2.08. The summed E-state index contributed by atoms with van der Waals surface area (Å²) in [6.45, 7) is 3.62. The molecule has 0 unspecified atom stereocenters. The Bertz CT molecular complexity index is 665. The number of ketones is 1. The molecule has 6 heteroatoms. The third-order valence-corrected chi connectivity index (χ3v) is 5.08. The number of benzene rings is 1. The van der Waals surface area contributed by atoms with Gasteiger partial charge in [-0.15, -0.1) is 0 Å². The molecule has 3 heterocycles. The first-order valence-electron chi connectivity index (χ1n) is 8.87. The molecule has 0 bridgehead atoms. The summed E-state index contributed by atoms with van der Waals surface area (Å²) in [5.74, 6) is 0.312. The van der Waals surface area contributed by atoms with E-state index in [0.29, 0.717) is 42.6 Å². The Labute approximate surface area is 141 Å². The average Bonchev–Trinajstić information content (AvgIpc) is 2.79. The normalized spacial score (nSPS) is 21.4. The van der Waals surface area contributed by atoms with Crippen LogP contribution in [0.1, 0.15) is 42.5 Å². The van der Waals surface area contributed by atoms with E-state index in [1.807, 2.05) is 0 Å². The third-order valence-electron chi connectivity index (χ3n) is 5.08. The van der Waals surface area contributed by atoms with Crippen LogP contribution in [0.3, 0.4) is 0 Å². The molecule has 24 heavy (non-hydrogen) atoms. The van der Waals surface area contributed by atoms with Crippen molar-refractivity contribution < 1.29 is 24.0 Å². The minimum Gasteiger partial charge on any atom is -0.486 e. The molecule has 1 amide bonds. The maximum atomic E-state index is 12.5. The number of Topliss-reactive ketones (excluding diaryl/α,β-unsaturated/α-hetero) is 1. The molecule has 1 saturated heterocycles. The summed E-state index contributed by atoms with van der Waals surface area (Å²) >= 11 is 0. The highest BCUT2D eigenvalue weighted by Crippen LogP contribution is 2.40. The number of amides is 1. The first-order valence-corrected chi connectivity index (χ1v) is 8.87. The second-order valence-corrected chi connectivity index (χ2v) is 6.75. The van der Waals surface area contributed by atoms with E-state index in [4.69, 9.17) is 9.47 Å². The van der Waals surface area contributed by atoms with Crippen molar-refractivity contribution in [3.8, 4) is 11.5 Å². The smallest absolute Gasteiger partial charge is 0.303 e. The van der Waals surface area contributed by atoms with Gasteiger partial charge in [0.1, 0.15) is 13.2 Å². The predicted molar refractivity (Wildman–Crippen MR) is 87.9 cm³/mol. The molecule has 1 aromatic rings. The molecule has 128 valence electrons. The van der Waals surface area contributed by atoms with Gasteiger partial charge in [0.05, 0.1) is 24.3 Å². The van der Waals surface area contributed by atoms with Crippen LogP contribution in [0.15, 0.2) is 12.1 Å². The van der Waals surface area contributed by atoms with Crippen molar-refractivity contribution >= 4 is 17.4 Å². The lowest BCUT2D eigenvalue weighted by atomic mass is 10.1. The lowest BCUT2D eigenvalue weighted by Gasteiger charge is -2.27. The monoisotopic (exact) mass is 331 g/mol. The van der Waals surface area contributed by atoms with E-state index < -0.39 is 11.7 Å². The lowest BCUT2D eigenvalue weighted by Crippen LogP contribution is -3.13. The standard InChI is InChI=1S/C18H22N2O4/c21-17-13-10-15-16(24-9-8-23-15)11-14(13)20(18(17)22)12-19-6-4-2-1-3-5-7-19/h10-11H,1-9,12H2/p+1. The number of carbonyl (C=O) groups excluding carboxylic acids is 2. The van der Waals surface area contributed by atoms with Crippen LogP contribution in [0.4, 0.5) is 5.69 Å². The highest BCUT2D eigenvalue weighted by molar-refractivity contribution is 6.52. The largest absolute Gasteiger partial charge is 0.486 e. The average molecular weight is 331 g/mol. The molecule has 0 aliphatic carbocycles. The molecule has 4 rings (SSSR count). The highest BCUT2D eigenvalue weighted by Gasteiger charge is 2.39. The summed E-state index contributed by atoms with van der Waals surface area (Å²) in [4.78, 5) is 27.9. The van der Waals surface area contributed by atoms with Gasteiger partial charge in [0.2, 0.25) is 0 Å². The summed E-state index contributed by atoms with van der Waals surface area (Å²) in [6, 6.07) is 3.45. The van der Waals surface area contributed by atoms with Crippen molar-refractivity contribution in [2.75, 3.05) is 37.9 Å². The van der Waals surface area contributed by atoms with Gasteiger partial charge in [0.25, 0.3) is 5.78 Å². The Balaban J connectivity index is 1.60. The van der Waals surface area contributed by atoms with Crippen LogP contribution in [-0.2, 0) is 4.79 Å². The summed E-state index contributed by atoms with van der Waals surface area (Å²) in [5.41, 5.74) is 1.11. The molecule has 0 saturated carbocycles. The van der Waals surface area contributed by atoms with Crippen LogP contribution >= 0.6 is 0 Å². The van der Waals surface area contributed by atoms with Crippen molar-refractivity contribution in [1.29, 1.82) is 0 Å². The zero-order valence-electron chi connectivity index (χ0n) is 13.8. The van der Waals surface area contributed by atoms with Gasteiger partial charge in [-0.1, -0.05) is 6.42 Å². The molecule has 0 spiro atoms. The molecular formula is C18H23N2O4+. The third kappa shape index (κ3) is 2.75. The van der Waals surface area contributed by atoms with E-state index >= 15 is 0 Å². The van der Waals surface area contributed by atoms with Crippen molar-refractivity contribution in [2.24, 2.45) is 0 Å². The van der Waals surface area contributed by atoms with Gasteiger partial charge in [0, 0.05) is 6.07 Å². The Morgan fingerprint density at radius 1 is 0.917 bits per heavy atom. The minimum absolute atomic E-state index is 0.429. The number of nitrogens with one attached hydrogen (secondary N) is 1. The van der Waals surface area contributed by atoms with Gasteiger partial charge in [-0.25, -0.2) is 0 Å². The van der Waals surface area contributed by atoms with E-state index in [0.717, 1.165) is 13.1 Å². The number of hydrogen-bond donors (Lipinski definition) is 1. The molecule has 1 fully saturated rings. The Morgan fingerprint density at radius 3 is 2.25 bits per heavy atom. The topological polar surface area (TPSA) is 60.3 Å². The van der Waals surface area contributed by atoms with Crippen LogP contribution in [0, 0.1) is 0 Å². The van der Waals surface area contributed by atoms with Crippen LogP contribution in [0.25, 0.3) is 0 Å². The summed E-state index contributed by atoms with van der Waals surface area (Å²) in [5, 5.41) is 0. The number of quaternary nitrogens is 1. The molecule has 0 radical (unpaired) electrons. The van der Waals surface area contributed by atoms with Gasteiger partial charge < -0.3 is 14.4 Å². The Kier molecular flexibility index (Phi) is 4.14. The maximum absolute atomic E-state index is 12.5. The number of nitrogens with zero attached hydrogens (tertiary/aromatic N) is 1. The molecule has 0 atom stereocenters. The van der Waals surface area contributed by atoms with E-state index in [9.17, 15) is 9.59 Å². The van der Waals surface area contributed by atoms with Crippen LogP contribution in [0.2, 0.25) is 0 Å². The number of ether oxygens (including phenoxy) is 2. The van der Waals surface area contributed by atoms with Crippen LogP contribution in [-0.4, -0.2) is 44.7 Å². The number of fused-ring (bicyclic) bond motifs is 2. The van der Waals surface area contributed by atoms with E-state index in [1.165, 1.54) is 37.0 Å². The second kappa shape index (κ2) is 6.43. The van der Waals surface area contributed by atoms with Crippen molar-refractivity contribution in [3.05, 3.63) is 17.7 Å². The highest BCUT2D eigenvalue weighted by atomic mass is 16.6. The van der Waals surface area contributed by atoms with Crippen LogP contribution in [0.5, 0.6) is 11.5 Å². The zero-order valence-corrected chi connectivity index (χ0v) is 13.8. The van der Waals surface area contributed by atoms with Gasteiger partial charge in [-0.3, -0.25) is 14.5 Å². The number of likely N-dealkylation sites (tertiary alicyclic amines) is 1. The molecular weight excluding hydrogens is 308 g/mol. The summed E-state index contributed by atoms with van der Waals surface area (Å²) in [6.07, 6.45) is 6.18. The first kappa shape index (κ1) is 15.4. The maximum Gasteiger partial charge on any atom is 0.303 e. The van der Waals surface area contributed by atoms with Crippen LogP contribution < -0.4 is 19.3 Å². The fourth-order valence-electron chi connectivity index (χ4n) is 3.77. The Morgan fingerprint density at radius 2 is 1.54 bits per heavy atom. The number of carbonyl (C=O) groups is 2. The van der Waals surface area contributed by atoms with Gasteiger partial charge in [-0.05, 0) is 31.7 Å². The molecule has 3 aliphatic heterocycles. The van der Waals surface area contributed by atoms with Gasteiger partial charge in [0.15, 0.2) is 18.2 Å². The summed E-state index contributed by atoms with van der Waals surface area (Å²) in [7, 11) is 0. The summed E-state index contributed by atoms with van der Waals surface area (Å²) < 4.78 is 11.1.